The largest absolute Gasteiger partial charge is 0.394 e. The Morgan fingerprint density at radius 2 is 2.17 bits per heavy atom. The van der Waals surface area contributed by atoms with Crippen LogP contribution in [0.3, 0.4) is 0 Å². The van der Waals surface area contributed by atoms with Crippen molar-refractivity contribution in [2.45, 2.75) is 39.0 Å². The van der Waals surface area contributed by atoms with Crippen molar-refractivity contribution in [3.8, 4) is 0 Å². The van der Waals surface area contributed by atoms with E-state index < -0.39 is 0 Å². The first-order valence-corrected chi connectivity index (χ1v) is 4.64. The third-order valence-electron chi connectivity index (χ3n) is 2.29. The molecule has 1 aliphatic heterocycles. The molecule has 0 amide bonds. The fourth-order valence-corrected chi connectivity index (χ4v) is 1.60. The number of morpholine rings is 1. The molecule has 1 heterocycles. The predicted octanol–water partition coefficient (Wildman–Crippen LogP) is 0.476. The molecule has 3 nitrogen and oxygen atoms in total. The van der Waals surface area contributed by atoms with Gasteiger partial charge in [0.05, 0.1) is 18.8 Å². The van der Waals surface area contributed by atoms with Crippen LogP contribution in [0.2, 0.25) is 0 Å². The van der Waals surface area contributed by atoms with Crippen LogP contribution in [0.25, 0.3) is 0 Å². The third kappa shape index (κ3) is 2.44. The van der Waals surface area contributed by atoms with Gasteiger partial charge in [-0.1, -0.05) is 0 Å². The molecular weight excluding hydrogens is 154 g/mol. The summed E-state index contributed by atoms with van der Waals surface area (Å²) >= 11 is 0. The highest BCUT2D eigenvalue weighted by atomic mass is 16.5. The lowest BCUT2D eigenvalue weighted by atomic mass is 10.2. The third-order valence-corrected chi connectivity index (χ3v) is 2.29. The number of aliphatic hydroxyl groups is 1. The SMILES string of the molecule is CC(C)N1C[C@@H](CO)O[C@H](C)C1. The molecule has 1 fully saturated rings. The van der Waals surface area contributed by atoms with Crippen LogP contribution in [0.5, 0.6) is 0 Å². The summed E-state index contributed by atoms with van der Waals surface area (Å²) in [4.78, 5) is 2.34. The topological polar surface area (TPSA) is 32.7 Å². The first-order chi connectivity index (χ1) is 5.63. The Morgan fingerprint density at radius 1 is 1.50 bits per heavy atom. The van der Waals surface area contributed by atoms with Gasteiger partial charge in [0.1, 0.15) is 0 Å². The lowest BCUT2D eigenvalue weighted by Gasteiger charge is -2.38. The zero-order chi connectivity index (χ0) is 9.14. The zero-order valence-electron chi connectivity index (χ0n) is 8.16. The zero-order valence-corrected chi connectivity index (χ0v) is 8.16. The molecule has 1 saturated heterocycles. The van der Waals surface area contributed by atoms with Gasteiger partial charge in [0, 0.05) is 19.1 Å². The summed E-state index contributed by atoms with van der Waals surface area (Å²) in [7, 11) is 0. The summed E-state index contributed by atoms with van der Waals surface area (Å²) in [6, 6.07) is 0.547. The molecule has 1 N–H and O–H groups in total. The van der Waals surface area contributed by atoms with Crippen molar-refractivity contribution in [3.63, 3.8) is 0 Å². The highest BCUT2D eigenvalue weighted by Gasteiger charge is 2.25. The van der Waals surface area contributed by atoms with Crippen molar-refractivity contribution in [1.29, 1.82) is 0 Å². The van der Waals surface area contributed by atoms with E-state index in [-0.39, 0.29) is 18.8 Å². The van der Waals surface area contributed by atoms with E-state index in [4.69, 9.17) is 9.84 Å². The molecule has 0 aliphatic carbocycles. The number of ether oxygens (including phenoxy) is 1. The molecule has 0 unspecified atom stereocenters. The van der Waals surface area contributed by atoms with Gasteiger partial charge in [-0.25, -0.2) is 0 Å². The number of nitrogens with zero attached hydrogens (tertiary/aromatic N) is 1. The standard InChI is InChI=1S/C9H19NO2/c1-7(2)10-4-8(3)12-9(5-10)6-11/h7-9,11H,4-6H2,1-3H3/t8-,9+/m1/s1. The molecule has 0 aromatic carbocycles. The molecular formula is C9H19NO2. The lowest BCUT2D eigenvalue weighted by molar-refractivity contribution is -0.102. The van der Waals surface area contributed by atoms with E-state index in [9.17, 15) is 0 Å². The second kappa shape index (κ2) is 4.21. The Bertz CT molecular complexity index is 138. The quantitative estimate of drug-likeness (QED) is 0.659. The maximum atomic E-state index is 8.96. The van der Waals surface area contributed by atoms with Crippen molar-refractivity contribution in [2.24, 2.45) is 0 Å². The fourth-order valence-electron chi connectivity index (χ4n) is 1.60. The van der Waals surface area contributed by atoms with Gasteiger partial charge in [0.25, 0.3) is 0 Å². The Labute approximate surface area is 74.3 Å². The Hall–Kier alpha value is -0.120. The number of rotatable bonds is 2. The summed E-state index contributed by atoms with van der Waals surface area (Å²) in [5, 5.41) is 8.96. The molecule has 3 heteroatoms. The van der Waals surface area contributed by atoms with Crippen LogP contribution < -0.4 is 0 Å². The maximum absolute atomic E-state index is 8.96. The first-order valence-electron chi connectivity index (χ1n) is 4.64. The Morgan fingerprint density at radius 3 is 2.67 bits per heavy atom. The van der Waals surface area contributed by atoms with Crippen LogP contribution >= 0.6 is 0 Å². The molecule has 72 valence electrons. The van der Waals surface area contributed by atoms with E-state index in [1.54, 1.807) is 0 Å². The summed E-state index contributed by atoms with van der Waals surface area (Å²) in [5.74, 6) is 0. The van der Waals surface area contributed by atoms with Crippen molar-refractivity contribution in [3.05, 3.63) is 0 Å². The Kier molecular flexibility index (Phi) is 3.50. The minimum Gasteiger partial charge on any atom is -0.394 e. The predicted molar refractivity (Wildman–Crippen MR) is 48.1 cm³/mol. The second-order valence-corrected chi connectivity index (χ2v) is 3.80. The van der Waals surface area contributed by atoms with Gasteiger partial charge >= 0.3 is 0 Å². The van der Waals surface area contributed by atoms with Gasteiger partial charge in [0.2, 0.25) is 0 Å². The number of hydrogen-bond donors (Lipinski definition) is 1. The normalized spacial score (nSPS) is 32.8. The van der Waals surface area contributed by atoms with Crippen LogP contribution in [0.15, 0.2) is 0 Å². The van der Waals surface area contributed by atoms with Crippen LogP contribution in [-0.2, 0) is 4.74 Å². The molecule has 0 spiro atoms. The maximum Gasteiger partial charge on any atom is 0.0936 e. The number of aliphatic hydroxyl groups excluding tert-OH is 1. The minimum absolute atomic E-state index is 0.0103. The molecule has 2 atom stereocenters. The van der Waals surface area contributed by atoms with E-state index in [1.807, 2.05) is 0 Å². The van der Waals surface area contributed by atoms with Crippen LogP contribution in [0.4, 0.5) is 0 Å². The summed E-state index contributed by atoms with van der Waals surface area (Å²) in [6.07, 6.45) is 0.259. The molecule has 0 aromatic heterocycles. The van der Waals surface area contributed by atoms with Gasteiger partial charge in [0.15, 0.2) is 0 Å². The summed E-state index contributed by atoms with van der Waals surface area (Å²) in [5.41, 5.74) is 0. The molecule has 12 heavy (non-hydrogen) atoms. The molecule has 0 radical (unpaired) electrons. The average molecular weight is 173 g/mol. The van der Waals surface area contributed by atoms with Gasteiger partial charge < -0.3 is 9.84 Å². The average Bonchev–Trinajstić information content (AvgIpc) is 2.03. The van der Waals surface area contributed by atoms with E-state index in [2.05, 4.69) is 25.7 Å². The molecule has 0 bridgehead atoms. The van der Waals surface area contributed by atoms with E-state index in [1.165, 1.54) is 0 Å². The van der Waals surface area contributed by atoms with E-state index in [0.717, 1.165) is 13.1 Å². The van der Waals surface area contributed by atoms with Crippen LogP contribution in [-0.4, -0.2) is 48.0 Å². The van der Waals surface area contributed by atoms with Crippen molar-refractivity contribution in [1.82, 2.24) is 4.90 Å². The van der Waals surface area contributed by atoms with Gasteiger partial charge in [-0.15, -0.1) is 0 Å². The van der Waals surface area contributed by atoms with Gasteiger partial charge in [-0.3, -0.25) is 4.90 Å². The van der Waals surface area contributed by atoms with Crippen molar-refractivity contribution < 1.29 is 9.84 Å². The van der Waals surface area contributed by atoms with E-state index in [0.29, 0.717) is 6.04 Å². The minimum atomic E-state index is 0.0103. The molecule has 1 aliphatic rings. The monoisotopic (exact) mass is 173 g/mol. The molecule has 1 rings (SSSR count). The Balaban J connectivity index is 2.45. The van der Waals surface area contributed by atoms with Crippen LogP contribution in [0, 0.1) is 0 Å². The van der Waals surface area contributed by atoms with Crippen molar-refractivity contribution >= 4 is 0 Å². The van der Waals surface area contributed by atoms with Gasteiger partial charge in [-0.05, 0) is 20.8 Å². The fraction of sp³-hybridized carbons (Fsp3) is 1.00. The smallest absolute Gasteiger partial charge is 0.0936 e. The van der Waals surface area contributed by atoms with E-state index >= 15 is 0 Å². The highest BCUT2D eigenvalue weighted by molar-refractivity contribution is 4.77. The number of hydrogen-bond acceptors (Lipinski definition) is 3. The van der Waals surface area contributed by atoms with Crippen molar-refractivity contribution in [2.75, 3.05) is 19.7 Å². The lowest BCUT2D eigenvalue weighted by Crippen LogP contribution is -2.50. The summed E-state index contributed by atoms with van der Waals surface area (Å²) in [6.45, 7) is 8.37. The molecule has 0 aromatic rings. The highest BCUT2D eigenvalue weighted by Crippen LogP contribution is 2.12. The van der Waals surface area contributed by atoms with Crippen LogP contribution in [0.1, 0.15) is 20.8 Å². The van der Waals surface area contributed by atoms with Gasteiger partial charge in [-0.2, -0.15) is 0 Å². The second-order valence-electron chi connectivity index (χ2n) is 3.80. The first kappa shape index (κ1) is 9.96. The summed E-state index contributed by atoms with van der Waals surface area (Å²) < 4.78 is 5.52. The molecule has 0 saturated carbocycles.